The lowest BCUT2D eigenvalue weighted by molar-refractivity contribution is -0.121. The number of thiophene rings is 1. The van der Waals surface area contributed by atoms with Gasteiger partial charge in [0.05, 0.1) is 6.54 Å². The van der Waals surface area contributed by atoms with Gasteiger partial charge in [-0.15, -0.1) is 11.3 Å². The number of amides is 1. The predicted molar refractivity (Wildman–Crippen MR) is 112 cm³/mol. The summed E-state index contributed by atoms with van der Waals surface area (Å²) in [4.78, 5) is 16.8. The van der Waals surface area contributed by atoms with E-state index >= 15 is 0 Å². The van der Waals surface area contributed by atoms with E-state index in [0.717, 1.165) is 48.4 Å². The SMILES string of the molecule is CN(CC(=O)NCCN1CCN(c2ccccc2)CC1)S(=O)(=O)c1cccs1. The number of piperazine rings is 1. The third-order valence-corrected chi connectivity index (χ3v) is 7.95. The van der Waals surface area contributed by atoms with E-state index in [2.05, 4.69) is 27.2 Å². The van der Waals surface area contributed by atoms with Gasteiger partial charge in [-0.2, -0.15) is 4.31 Å². The van der Waals surface area contributed by atoms with Gasteiger partial charge < -0.3 is 10.2 Å². The summed E-state index contributed by atoms with van der Waals surface area (Å²) in [5, 5.41) is 4.53. The number of carbonyl (C=O) groups is 1. The summed E-state index contributed by atoms with van der Waals surface area (Å²) in [6, 6.07) is 13.6. The highest BCUT2D eigenvalue weighted by molar-refractivity contribution is 7.91. The highest BCUT2D eigenvalue weighted by Crippen LogP contribution is 2.19. The van der Waals surface area contributed by atoms with E-state index in [1.807, 2.05) is 18.2 Å². The van der Waals surface area contributed by atoms with Crippen molar-refractivity contribution in [2.24, 2.45) is 0 Å². The number of anilines is 1. The van der Waals surface area contributed by atoms with E-state index in [1.54, 1.807) is 17.5 Å². The van der Waals surface area contributed by atoms with Crippen molar-refractivity contribution >= 4 is 33.0 Å². The molecule has 152 valence electrons. The standard InChI is InChI=1S/C19H26N4O3S2/c1-21(28(25,26)19-8-5-15-27-19)16-18(24)20-9-10-22-11-13-23(14-12-22)17-6-3-2-4-7-17/h2-8,15H,9-14,16H2,1H3,(H,20,24). The smallest absolute Gasteiger partial charge is 0.252 e. The number of benzene rings is 1. The van der Waals surface area contributed by atoms with Crippen LogP contribution in [0.5, 0.6) is 0 Å². The zero-order valence-corrected chi connectivity index (χ0v) is 17.6. The molecule has 2 heterocycles. The first kappa shape index (κ1) is 20.8. The summed E-state index contributed by atoms with van der Waals surface area (Å²) in [7, 11) is -2.17. The van der Waals surface area contributed by atoms with Gasteiger partial charge >= 0.3 is 0 Å². The van der Waals surface area contributed by atoms with Gasteiger partial charge in [-0.1, -0.05) is 24.3 Å². The quantitative estimate of drug-likeness (QED) is 0.694. The molecule has 7 nitrogen and oxygen atoms in total. The van der Waals surface area contributed by atoms with Gasteiger partial charge in [-0.3, -0.25) is 9.69 Å². The molecule has 1 aliphatic rings. The summed E-state index contributed by atoms with van der Waals surface area (Å²) < 4.78 is 26.0. The van der Waals surface area contributed by atoms with Crippen LogP contribution < -0.4 is 10.2 Å². The van der Waals surface area contributed by atoms with Crippen molar-refractivity contribution in [3.05, 3.63) is 47.8 Å². The molecule has 2 aromatic rings. The molecule has 3 rings (SSSR count). The van der Waals surface area contributed by atoms with Gasteiger partial charge in [-0.05, 0) is 23.6 Å². The largest absolute Gasteiger partial charge is 0.369 e. The Kier molecular flexibility index (Phi) is 7.06. The Balaban J connectivity index is 1.37. The monoisotopic (exact) mass is 422 g/mol. The number of nitrogens with zero attached hydrogens (tertiary/aromatic N) is 3. The Labute approximate surface area is 170 Å². The van der Waals surface area contributed by atoms with E-state index in [-0.39, 0.29) is 16.7 Å². The second kappa shape index (κ2) is 9.51. The molecule has 0 saturated carbocycles. The molecule has 9 heteroatoms. The van der Waals surface area contributed by atoms with Crippen LogP contribution in [0.1, 0.15) is 0 Å². The van der Waals surface area contributed by atoms with Gasteiger partial charge in [0, 0.05) is 52.0 Å². The van der Waals surface area contributed by atoms with Crippen molar-refractivity contribution in [2.45, 2.75) is 4.21 Å². The molecule has 0 bridgehead atoms. The van der Waals surface area contributed by atoms with Crippen LogP contribution in [-0.2, 0) is 14.8 Å². The molecule has 0 aliphatic carbocycles. The van der Waals surface area contributed by atoms with Crippen molar-refractivity contribution in [1.29, 1.82) is 0 Å². The van der Waals surface area contributed by atoms with Gasteiger partial charge in [0.25, 0.3) is 10.0 Å². The van der Waals surface area contributed by atoms with Crippen molar-refractivity contribution in [2.75, 3.05) is 57.8 Å². The molecule has 1 fully saturated rings. The van der Waals surface area contributed by atoms with Crippen molar-refractivity contribution in [3.8, 4) is 0 Å². The third-order valence-electron chi connectivity index (χ3n) is 4.77. The Bertz CT molecular complexity index is 849. The second-order valence-corrected chi connectivity index (χ2v) is 9.93. The molecule has 1 amide bonds. The van der Waals surface area contributed by atoms with Gasteiger partial charge in [0.15, 0.2) is 0 Å². The van der Waals surface area contributed by atoms with Crippen LogP contribution in [-0.4, -0.2) is 76.4 Å². The number of rotatable bonds is 8. The van der Waals surface area contributed by atoms with E-state index in [1.165, 1.54) is 12.7 Å². The first-order chi connectivity index (χ1) is 13.5. The third kappa shape index (κ3) is 5.32. The fourth-order valence-corrected chi connectivity index (χ4v) is 5.46. The molecule has 1 saturated heterocycles. The Hall–Kier alpha value is -1.94. The average Bonchev–Trinajstić information content (AvgIpc) is 3.25. The van der Waals surface area contributed by atoms with Crippen LogP contribution in [0.15, 0.2) is 52.1 Å². The van der Waals surface area contributed by atoms with Crippen LogP contribution in [0.4, 0.5) is 5.69 Å². The van der Waals surface area contributed by atoms with Crippen LogP contribution in [0.3, 0.4) is 0 Å². The fraction of sp³-hybridized carbons (Fsp3) is 0.421. The molecule has 0 radical (unpaired) electrons. The van der Waals surface area contributed by atoms with Crippen molar-refractivity contribution in [3.63, 3.8) is 0 Å². The molecular formula is C19H26N4O3S2. The maximum absolute atomic E-state index is 12.3. The second-order valence-electron chi connectivity index (χ2n) is 6.71. The Morgan fingerprint density at radius 1 is 1.11 bits per heavy atom. The van der Waals surface area contributed by atoms with Crippen LogP contribution in [0.25, 0.3) is 0 Å². The lowest BCUT2D eigenvalue weighted by Crippen LogP contribution is -2.49. The van der Waals surface area contributed by atoms with E-state index in [0.29, 0.717) is 6.54 Å². The maximum atomic E-state index is 12.3. The first-order valence-corrected chi connectivity index (χ1v) is 11.6. The van der Waals surface area contributed by atoms with Crippen LogP contribution in [0.2, 0.25) is 0 Å². The van der Waals surface area contributed by atoms with Gasteiger partial charge in [0.2, 0.25) is 5.91 Å². The molecule has 0 atom stereocenters. The van der Waals surface area contributed by atoms with Crippen molar-refractivity contribution < 1.29 is 13.2 Å². The minimum Gasteiger partial charge on any atom is -0.369 e. The van der Waals surface area contributed by atoms with E-state index < -0.39 is 10.0 Å². The highest BCUT2D eigenvalue weighted by atomic mass is 32.2. The van der Waals surface area contributed by atoms with Gasteiger partial charge in [0.1, 0.15) is 4.21 Å². The topological polar surface area (TPSA) is 73.0 Å². The minimum atomic E-state index is -3.59. The number of sulfonamides is 1. The maximum Gasteiger partial charge on any atom is 0.252 e. The normalized spacial score (nSPS) is 15.7. The number of carbonyl (C=O) groups excluding carboxylic acids is 1. The zero-order chi connectivity index (χ0) is 20.0. The number of hydrogen-bond acceptors (Lipinski definition) is 6. The van der Waals surface area contributed by atoms with E-state index in [9.17, 15) is 13.2 Å². The van der Waals surface area contributed by atoms with Crippen molar-refractivity contribution in [1.82, 2.24) is 14.5 Å². The summed E-state index contributed by atoms with van der Waals surface area (Å²) >= 11 is 1.15. The summed E-state index contributed by atoms with van der Waals surface area (Å²) in [6.07, 6.45) is 0. The molecule has 1 aromatic heterocycles. The number of para-hydroxylation sites is 1. The molecule has 0 unspecified atom stereocenters. The average molecular weight is 423 g/mol. The fourth-order valence-electron chi connectivity index (χ4n) is 3.13. The summed E-state index contributed by atoms with van der Waals surface area (Å²) in [6.45, 7) is 4.89. The van der Waals surface area contributed by atoms with Crippen LogP contribution >= 0.6 is 11.3 Å². The molecule has 28 heavy (non-hydrogen) atoms. The number of likely N-dealkylation sites (N-methyl/N-ethyl adjacent to an activating group) is 1. The summed E-state index contributed by atoms with van der Waals surface area (Å²) in [5.74, 6) is -0.287. The molecule has 1 N–H and O–H groups in total. The summed E-state index contributed by atoms with van der Waals surface area (Å²) in [5.41, 5.74) is 1.24. The molecular weight excluding hydrogens is 396 g/mol. The number of hydrogen-bond donors (Lipinski definition) is 1. The molecule has 1 aromatic carbocycles. The minimum absolute atomic E-state index is 0.179. The van der Waals surface area contributed by atoms with Gasteiger partial charge in [-0.25, -0.2) is 8.42 Å². The zero-order valence-electron chi connectivity index (χ0n) is 16.0. The predicted octanol–water partition coefficient (Wildman–Crippen LogP) is 1.31. The Morgan fingerprint density at radius 2 is 1.82 bits per heavy atom. The Morgan fingerprint density at radius 3 is 2.46 bits per heavy atom. The molecule has 1 aliphatic heterocycles. The number of nitrogens with one attached hydrogen (secondary N) is 1. The molecule has 0 spiro atoms. The van der Waals surface area contributed by atoms with Crippen LogP contribution in [0, 0.1) is 0 Å². The first-order valence-electron chi connectivity index (χ1n) is 9.26. The lowest BCUT2D eigenvalue weighted by Gasteiger charge is -2.36. The lowest BCUT2D eigenvalue weighted by atomic mass is 10.2. The highest BCUT2D eigenvalue weighted by Gasteiger charge is 2.24. The van der Waals surface area contributed by atoms with E-state index in [4.69, 9.17) is 0 Å².